The first kappa shape index (κ1) is 39.7. The van der Waals surface area contributed by atoms with E-state index in [2.05, 4.69) is 13.2 Å². The van der Waals surface area contributed by atoms with E-state index >= 15 is 0 Å². The first-order valence-corrected chi connectivity index (χ1v) is 14.5. The van der Waals surface area contributed by atoms with Crippen LogP contribution in [0.1, 0.15) is 64.2 Å². The van der Waals surface area contributed by atoms with Crippen LogP contribution in [0.3, 0.4) is 0 Å². The molecule has 0 spiro atoms. The largest absolute Gasteiger partial charge is 0.469 e. The van der Waals surface area contributed by atoms with Crippen molar-refractivity contribution in [1.82, 2.24) is 0 Å². The highest BCUT2D eigenvalue weighted by molar-refractivity contribution is 6.02. The Bertz CT molecular complexity index is 1100. The van der Waals surface area contributed by atoms with E-state index in [9.17, 15) is 38.4 Å². The summed E-state index contributed by atoms with van der Waals surface area (Å²) >= 11 is 0. The summed E-state index contributed by atoms with van der Waals surface area (Å²) in [6.07, 6.45) is -3.57. The molecule has 0 heterocycles. The van der Waals surface area contributed by atoms with E-state index in [1.54, 1.807) is 0 Å². The Morgan fingerprint density at radius 1 is 0.522 bits per heavy atom. The number of carbonyl (C=O) groups excluding carboxylic acids is 8. The molecule has 1 saturated carbocycles. The third-order valence-electron chi connectivity index (χ3n) is 8.16. The van der Waals surface area contributed by atoms with E-state index in [4.69, 9.17) is 28.4 Å². The van der Waals surface area contributed by atoms with E-state index in [0.717, 1.165) is 42.7 Å². The molecular weight excluding hydrogens is 608 g/mol. The second-order valence-corrected chi connectivity index (χ2v) is 11.3. The minimum absolute atomic E-state index is 0.176. The molecular formula is C32H44O14. The van der Waals surface area contributed by atoms with Crippen LogP contribution in [-0.4, -0.2) is 90.0 Å². The summed E-state index contributed by atoms with van der Waals surface area (Å²) in [6.45, 7) is 7.84. The maximum atomic E-state index is 13.2. The topological polar surface area (TPSA) is 192 Å². The molecule has 2 unspecified atom stereocenters. The van der Waals surface area contributed by atoms with E-state index in [0.29, 0.717) is 0 Å². The van der Waals surface area contributed by atoms with Gasteiger partial charge in [0.05, 0.1) is 54.5 Å². The highest BCUT2D eigenvalue weighted by atomic mass is 16.6. The Hall–Kier alpha value is -4.36. The molecule has 1 fully saturated rings. The van der Waals surface area contributed by atoms with Gasteiger partial charge in [-0.2, -0.15) is 0 Å². The van der Waals surface area contributed by atoms with Crippen LogP contribution >= 0.6 is 0 Å². The highest BCUT2D eigenvalue weighted by Crippen LogP contribution is 2.40. The van der Waals surface area contributed by atoms with Crippen LogP contribution < -0.4 is 0 Å². The smallest absolute Gasteiger partial charge is 0.323 e. The van der Waals surface area contributed by atoms with Crippen molar-refractivity contribution in [1.29, 1.82) is 0 Å². The SMILES string of the molecule is C=C1CC(C(=O)OC)CC(=O)CCC(C(=O)OC)(C(=O)OC)CC(=C)CC(C(=O)OC)CC(=O)CCC(C(=O)OC)(C(=O)OC)C1. The molecule has 1 rings (SSSR count). The van der Waals surface area contributed by atoms with Crippen LogP contribution in [0.4, 0.5) is 0 Å². The number of ketones is 2. The van der Waals surface area contributed by atoms with Gasteiger partial charge >= 0.3 is 35.8 Å². The Kier molecular flexibility index (Phi) is 15.5. The number of esters is 6. The van der Waals surface area contributed by atoms with Crippen LogP contribution in [0, 0.1) is 22.7 Å². The van der Waals surface area contributed by atoms with E-state index in [1.165, 1.54) is 0 Å². The van der Waals surface area contributed by atoms with Gasteiger partial charge in [0.1, 0.15) is 11.6 Å². The van der Waals surface area contributed by atoms with Crippen LogP contribution in [0.5, 0.6) is 0 Å². The minimum Gasteiger partial charge on any atom is -0.469 e. The first-order chi connectivity index (χ1) is 21.6. The van der Waals surface area contributed by atoms with E-state index in [1.807, 2.05) is 0 Å². The van der Waals surface area contributed by atoms with Gasteiger partial charge in [-0.3, -0.25) is 38.4 Å². The van der Waals surface area contributed by atoms with Gasteiger partial charge in [0.25, 0.3) is 0 Å². The van der Waals surface area contributed by atoms with Crippen molar-refractivity contribution in [3.05, 3.63) is 24.3 Å². The summed E-state index contributed by atoms with van der Waals surface area (Å²) in [5.41, 5.74) is -3.71. The zero-order valence-corrected chi connectivity index (χ0v) is 27.4. The number of carbonyl (C=O) groups is 8. The molecule has 0 aromatic carbocycles. The summed E-state index contributed by atoms with van der Waals surface area (Å²) in [7, 11) is 6.46. The van der Waals surface area contributed by atoms with Crippen molar-refractivity contribution in [2.24, 2.45) is 22.7 Å². The molecule has 1 aliphatic rings. The fourth-order valence-corrected chi connectivity index (χ4v) is 5.79. The number of allylic oxidation sites excluding steroid dienone is 2. The van der Waals surface area contributed by atoms with Crippen molar-refractivity contribution >= 4 is 47.4 Å². The summed E-state index contributed by atoms with van der Waals surface area (Å²) in [4.78, 5) is 104. The van der Waals surface area contributed by atoms with Gasteiger partial charge in [0.2, 0.25) is 0 Å². The van der Waals surface area contributed by atoms with Gasteiger partial charge in [0, 0.05) is 25.7 Å². The third kappa shape index (κ3) is 9.82. The number of Topliss-reactive ketones (excluding diaryl/α,β-unsaturated/α-hetero) is 2. The summed E-state index contributed by atoms with van der Waals surface area (Å²) < 4.78 is 29.4. The number of methoxy groups -OCH3 is 6. The summed E-state index contributed by atoms with van der Waals surface area (Å²) in [5, 5.41) is 0. The second kappa shape index (κ2) is 18.0. The number of hydrogen-bond acceptors (Lipinski definition) is 14. The van der Waals surface area contributed by atoms with Crippen molar-refractivity contribution in [3.8, 4) is 0 Å². The van der Waals surface area contributed by atoms with Crippen LogP contribution in [-0.2, 0) is 66.8 Å². The monoisotopic (exact) mass is 652 g/mol. The average molecular weight is 653 g/mol. The lowest BCUT2D eigenvalue weighted by atomic mass is 9.73. The molecule has 0 N–H and O–H groups in total. The van der Waals surface area contributed by atoms with E-state index in [-0.39, 0.29) is 36.8 Å². The Morgan fingerprint density at radius 3 is 1.04 bits per heavy atom. The van der Waals surface area contributed by atoms with Crippen LogP contribution in [0.2, 0.25) is 0 Å². The maximum Gasteiger partial charge on any atom is 0.323 e. The first-order valence-electron chi connectivity index (χ1n) is 14.5. The summed E-state index contributed by atoms with van der Waals surface area (Å²) in [6, 6.07) is 0. The zero-order chi connectivity index (χ0) is 35.2. The molecule has 0 aromatic rings. The molecule has 0 aromatic heterocycles. The maximum absolute atomic E-state index is 13.2. The molecule has 46 heavy (non-hydrogen) atoms. The molecule has 1 aliphatic carbocycles. The molecule has 0 bridgehead atoms. The fourth-order valence-electron chi connectivity index (χ4n) is 5.79. The van der Waals surface area contributed by atoms with Gasteiger partial charge in [0.15, 0.2) is 10.8 Å². The predicted octanol–water partition coefficient (Wildman–Crippen LogP) is 2.39. The van der Waals surface area contributed by atoms with E-state index < -0.39 is 109 Å². The quantitative estimate of drug-likeness (QED) is 0.176. The fraction of sp³-hybridized carbons (Fsp3) is 0.625. The summed E-state index contributed by atoms with van der Waals surface area (Å²) in [5.74, 6) is -8.87. The van der Waals surface area contributed by atoms with Crippen molar-refractivity contribution in [3.63, 3.8) is 0 Å². The lowest BCUT2D eigenvalue weighted by Crippen LogP contribution is -2.43. The van der Waals surface area contributed by atoms with Crippen LogP contribution in [0.25, 0.3) is 0 Å². The van der Waals surface area contributed by atoms with Gasteiger partial charge in [-0.15, -0.1) is 0 Å². The molecule has 0 saturated heterocycles. The van der Waals surface area contributed by atoms with Gasteiger partial charge in [-0.05, 0) is 38.5 Å². The van der Waals surface area contributed by atoms with Gasteiger partial charge in [-0.1, -0.05) is 24.3 Å². The standard InChI is InChI=1S/C32H44O14/c1-19-13-21(25(35)41-3)15-23(33)10-12-32(29(39)45-7,30(40)46-8)18-20(2)14-22(26(36)42-4)16-24(34)9-11-31(17-19,27(37)43-5)28(38)44-6/h21-22H,1-2,9-18H2,3-8H3. The van der Waals surface area contributed by atoms with Crippen molar-refractivity contribution < 1.29 is 66.8 Å². The second-order valence-electron chi connectivity index (χ2n) is 11.3. The Balaban J connectivity index is 3.77. The van der Waals surface area contributed by atoms with Gasteiger partial charge in [-0.25, -0.2) is 0 Å². The third-order valence-corrected chi connectivity index (χ3v) is 8.16. The zero-order valence-electron chi connectivity index (χ0n) is 27.4. The van der Waals surface area contributed by atoms with Crippen LogP contribution in [0.15, 0.2) is 24.3 Å². The normalized spacial score (nSPS) is 21.4. The minimum atomic E-state index is -2.03. The Labute approximate surface area is 268 Å². The molecule has 2 atom stereocenters. The molecule has 256 valence electrons. The lowest BCUT2D eigenvalue weighted by Gasteiger charge is -2.31. The average Bonchev–Trinajstić information content (AvgIpc) is 3.04. The molecule has 0 amide bonds. The molecule has 0 radical (unpaired) electrons. The number of rotatable bonds is 6. The molecule has 14 nitrogen and oxygen atoms in total. The number of ether oxygens (including phenoxy) is 6. The Morgan fingerprint density at radius 2 is 0.804 bits per heavy atom. The molecule has 14 heteroatoms. The van der Waals surface area contributed by atoms with Crippen molar-refractivity contribution in [2.75, 3.05) is 42.7 Å². The predicted molar refractivity (Wildman–Crippen MR) is 158 cm³/mol. The van der Waals surface area contributed by atoms with Gasteiger partial charge < -0.3 is 28.4 Å². The number of hydrogen-bond donors (Lipinski definition) is 0. The lowest BCUT2D eigenvalue weighted by molar-refractivity contribution is -0.171. The van der Waals surface area contributed by atoms with Crippen molar-refractivity contribution in [2.45, 2.75) is 64.2 Å². The highest BCUT2D eigenvalue weighted by Gasteiger charge is 2.50. The molecule has 0 aliphatic heterocycles.